The minimum Gasteiger partial charge on any atom is -0.493 e. The summed E-state index contributed by atoms with van der Waals surface area (Å²) >= 11 is 6.24. The van der Waals surface area contributed by atoms with Crippen LogP contribution in [0.2, 0.25) is 5.02 Å². The van der Waals surface area contributed by atoms with E-state index in [4.69, 9.17) is 30.8 Å². The molecule has 0 aliphatic carbocycles. The van der Waals surface area contributed by atoms with Crippen molar-refractivity contribution in [2.24, 2.45) is 5.10 Å². The van der Waals surface area contributed by atoms with Crippen molar-refractivity contribution < 1.29 is 14.2 Å². The highest BCUT2D eigenvalue weighted by atomic mass is 35.5. The molecule has 2 fully saturated rings. The quantitative estimate of drug-likeness (QED) is 0.329. The van der Waals surface area contributed by atoms with Crippen molar-refractivity contribution in [1.29, 1.82) is 0 Å². The zero-order valence-electron chi connectivity index (χ0n) is 20.8. The topological polar surface area (TPSA) is 97.2 Å². The van der Waals surface area contributed by atoms with E-state index in [9.17, 15) is 0 Å². The summed E-state index contributed by atoms with van der Waals surface area (Å²) in [5.41, 5.74) is 4.71. The van der Waals surface area contributed by atoms with Crippen LogP contribution in [0, 0.1) is 0 Å². The Labute approximate surface area is 221 Å². The summed E-state index contributed by atoms with van der Waals surface area (Å²) in [6, 6.07) is 13.2. The molecule has 1 aromatic heterocycles. The van der Waals surface area contributed by atoms with Gasteiger partial charge in [-0.15, -0.1) is 0 Å². The van der Waals surface area contributed by atoms with Crippen LogP contribution in [0.3, 0.4) is 0 Å². The molecule has 194 valence electrons. The average molecular weight is 524 g/mol. The normalized spacial score (nSPS) is 15.8. The molecule has 5 rings (SSSR count). The molecule has 2 aromatic carbocycles. The number of morpholine rings is 1. The molecule has 0 bridgehead atoms. The SMILES string of the molecule is COc1cc(/C=N\Nc2nc(N3CCCC3)nc(N3CCOCC3)n2)ccc1OCc1ccccc1Cl. The third kappa shape index (κ3) is 6.39. The molecular weight excluding hydrogens is 494 g/mol. The fraction of sp³-hybridized carbons (Fsp3) is 0.385. The van der Waals surface area contributed by atoms with E-state index in [0.29, 0.717) is 54.2 Å². The molecular formula is C26H30ClN7O3. The molecule has 0 atom stereocenters. The number of anilines is 3. The number of hydrazone groups is 1. The van der Waals surface area contributed by atoms with Gasteiger partial charge in [0, 0.05) is 36.8 Å². The second-order valence-corrected chi connectivity index (χ2v) is 9.12. The minimum atomic E-state index is 0.342. The highest BCUT2D eigenvalue weighted by Gasteiger charge is 2.21. The Bertz CT molecular complexity index is 1230. The highest BCUT2D eigenvalue weighted by molar-refractivity contribution is 6.31. The molecule has 10 nitrogen and oxygen atoms in total. The van der Waals surface area contributed by atoms with E-state index in [1.54, 1.807) is 13.3 Å². The highest BCUT2D eigenvalue weighted by Crippen LogP contribution is 2.29. The second kappa shape index (κ2) is 12.1. The third-order valence-electron chi connectivity index (χ3n) is 6.20. The number of ether oxygens (including phenoxy) is 3. The molecule has 3 aromatic rings. The Morgan fingerprint density at radius 3 is 2.43 bits per heavy atom. The van der Waals surface area contributed by atoms with Crippen molar-refractivity contribution in [1.82, 2.24) is 15.0 Å². The Kier molecular flexibility index (Phi) is 8.17. The maximum absolute atomic E-state index is 6.24. The standard InChI is InChI=1S/C26H30ClN7O3/c1-35-23-16-19(8-9-22(23)37-18-20-6-2-3-7-21(20)27)17-28-32-24-29-25(33-10-4-5-11-33)31-26(30-24)34-12-14-36-15-13-34/h2-3,6-9,16-17H,4-5,10-15,18H2,1H3,(H,29,30,31,32)/b28-17-. The van der Waals surface area contributed by atoms with E-state index in [2.05, 4.69) is 30.3 Å². The summed E-state index contributed by atoms with van der Waals surface area (Å²) in [4.78, 5) is 18.3. The molecule has 0 radical (unpaired) electrons. The minimum absolute atomic E-state index is 0.342. The molecule has 0 spiro atoms. The number of aromatic nitrogens is 3. The first-order chi connectivity index (χ1) is 18.2. The predicted octanol–water partition coefficient (Wildman–Crippen LogP) is 4.00. The third-order valence-corrected chi connectivity index (χ3v) is 6.57. The van der Waals surface area contributed by atoms with Crippen molar-refractivity contribution in [2.45, 2.75) is 19.4 Å². The molecule has 1 N–H and O–H groups in total. The summed E-state index contributed by atoms with van der Waals surface area (Å²) in [6.07, 6.45) is 3.97. The monoisotopic (exact) mass is 523 g/mol. The first-order valence-corrected chi connectivity index (χ1v) is 12.7. The van der Waals surface area contributed by atoms with Gasteiger partial charge in [-0.05, 0) is 42.7 Å². The van der Waals surface area contributed by atoms with E-state index in [1.807, 2.05) is 42.5 Å². The van der Waals surface area contributed by atoms with E-state index in [-0.39, 0.29) is 0 Å². The van der Waals surface area contributed by atoms with Crippen molar-refractivity contribution >= 4 is 35.7 Å². The second-order valence-electron chi connectivity index (χ2n) is 8.71. The van der Waals surface area contributed by atoms with Crippen LogP contribution in [-0.4, -0.2) is 67.7 Å². The van der Waals surface area contributed by atoms with Crippen LogP contribution in [0.5, 0.6) is 11.5 Å². The van der Waals surface area contributed by atoms with Gasteiger partial charge in [-0.1, -0.05) is 29.8 Å². The number of nitrogens with one attached hydrogen (secondary N) is 1. The van der Waals surface area contributed by atoms with Gasteiger partial charge in [-0.3, -0.25) is 0 Å². The zero-order valence-corrected chi connectivity index (χ0v) is 21.5. The number of hydrogen-bond acceptors (Lipinski definition) is 10. The van der Waals surface area contributed by atoms with Crippen molar-refractivity contribution in [3.63, 3.8) is 0 Å². The Hall–Kier alpha value is -3.63. The van der Waals surface area contributed by atoms with Gasteiger partial charge in [-0.2, -0.15) is 20.1 Å². The average Bonchev–Trinajstić information content (AvgIpc) is 3.49. The summed E-state index contributed by atoms with van der Waals surface area (Å²) in [7, 11) is 1.61. The van der Waals surface area contributed by atoms with Gasteiger partial charge in [0.1, 0.15) is 6.61 Å². The van der Waals surface area contributed by atoms with Crippen molar-refractivity contribution in [3.05, 3.63) is 58.6 Å². The number of hydrogen-bond donors (Lipinski definition) is 1. The maximum atomic E-state index is 6.24. The van der Waals surface area contributed by atoms with Crippen molar-refractivity contribution in [2.75, 3.05) is 61.7 Å². The van der Waals surface area contributed by atoms with Gasteiger partial charge in [0.05, 0.1) is 26.5 Å². The Morgan fingerprint density at radius 2 is 1.70 bits per heavy atom. The van der Waals surface area contributed by atoms with E-state index in [1.165, 1.54) is 0 Å². The molecule has 0 amide bonds. The van der Waals surface area contributed by atoms with Crippen LogP contribution < -0.4 is 24.7 Å². The molecule has 2 saturated heterocycles. The van der Waals surface area contributed by atoms with Gasteiger partial charge in [-0.25, -0.2) is 5.43 Å². The lowest BCUT2D eigenvalue weighted by Gasteiger charge is -2.27. The lowest BCUT2D eigenvalue weighted by atomic mass is 10.2. The number of methoxy groups -OCH3 is 1. The first-order valence-electron chi connectivity index (χ1n) is 12.4. The van der Waals surface area contributed by atoms with Crippen LogP contribution in [0.15, 0.2) is 47.6 Å². The molecule has 3 heterocycles. The van der Waals surface area contributed by atoms with Gasteiger partial charge < -0.3 is 24.0 Å². The molecule has 11 heteroatoms. The van der Waals surface area contributed by atoms with Crippen LogP contribution in [0.25, 0.3) is 0 Å². The molecule has 0 unspecified atom stereocenters. The number of benzene rings is 2. The number of nitrogens with zero attached hydrogens (tertiary/aromatic N) is 6. The molecule has 37 heavy (non-hydrogen) atoms. The Morgan fingerprint density at radius 1 is 0.973 bits per heavy atom. The summed E-state index contributed by atoms with van der Waals surface area (Å²) in [6.45, 7) is 5.04. The van der Waals surface area contributed by atoms with Crippen LogP contribution in [0.1, 0.15) is 24.0 Å². The van der Waals surface area contributed by atoms with Gasteiger partial charge in [0.2, 0.25) is 17.8 Å². The predicted molar refractivity (Wildman–Crippen MR) is 144 cm³/mol. The van der Waals surface area contributed by atoms with Gasteiger partial charge >= 0.3 is 0 Å². The number of halogens is 1. The lowest BCUT2D eigenvalue weighted by Crippen LogP contribution is -2.38. The zero-order chi connectivity index (χ0) is 25.5. The fourth-order valence-corrected chi connectivity index (χ4v) is 4.38. The van der Waals surface area contributed by atoms with Crippen LogP contribution in [-0.2, 0) is 11.3 Å². The van der Waals surface area contributed by atoms with Gasteiger partial charge in [0.25, 0.3) is 0 Å². The molecule has 0 saturated carbocycles. The van der Waals surface area contributed by atoms with E-state index >= 15 is 0 Å². The maximum Gasteiger partial charge on any atom is 0.250 e. The van der Waals surface area contributed by atoms with E-state index in [0.717, 1.165) is 50.1 Å². The van der Waals surface area contributed by atoms with Crippen LogP contribution >= 0.6 is 11.6 Å². The number of rotatable bonds is 9. The molecule has 2 aliphatic rings. The van der Waals surface area contributed by atoms with Gasteiger partial charge in [0.15, 0.2) is 11.5 Å². The smallest absolute Gasteiger partial charge is 0.250 e. The summed E-state index contributed by atoms with van der Waals surface area (Å²) in [5, 5.41) is 5.04. The first kappa shape index (κ1) is 25.0. The van der Waals surface area contributed by atoms with Crippen molar-refractivity contribution in [3.8, 4) is 11.5 Å². The fourth-order valence-electron chi connectivity index (χ4n) is 4.19. The largest absolute Gasteiger partial charge is 0.493 e. The Balaban J connectivity index is 1.28. The van der Waals surface area contributed by atoms with Crippen LogP contribution in [0.4, 0.5) is 17.8 Å². The molecule has 2 aliphatic heterocycles. The van der Waals surface area contributed by atoms with E-state index < -0.39 is 0 Å². The lowest BCUT2D eigenvalue weighted by molar-refractivity contribution is 0.122. The summed E-state index contributed by atoms with van der Waals surface area (Å²) in [5.74, 6) is 2.94. The summed E-state index contributed by atoms with van der Waals surface area (Å²) < 4.78 is 17.0.